The number of fused-ring (bicyclic) bond motifs is 3. The highest BCUT2D eigenvalue weighted by molar-refractivity contribution is 6.35. The Kier molecular flexibility index (Phi) is 3.93. The zero-order chi connectivity index (χ0) is 20.2. The fourth-order valence-electron chi connectivity index (χ4n) is 4.29. The minimum absolute atomic E-state index is 0.143. The normalized spacial score (nSPS) is 17.8. The molecule has 1 aliphatic carbocycles. The molecule has 0 amide bonds. The standard InChI is InChI=1S/C24H19ClN4O/c1-14-24-23(21-11-26-13-30-21)27-12-29(24)20-9-8-16(15-6-7-15)10-18(20)22(28-14)17-4-2-3-5-19(17)25/h2-5,8-15H,6-7H2,1H3/t14-/m0/s1. The minimum Gasteiger partial charge on any atom is -0.442 e. The Hall–Kier alpha value is -3.18. The van der Waals surface area contributed by atoms with Crippen LogP contribution in [0.25, 0.3) is 17.1 Å². The summed E-state index contributed by atoms with van der Waals surface area (Å²) in [6.07, 6.45) is 7.47. The molecule has 0 unspecified atom stereocenters. The summed E-state index contributed by atoms with van der Waals surface area (Å²) in [5.74, 6) is 1.29. The van der Waals surface area contributed by atoms with E-state index in [-0.39, 0.29) is 6.04 Å². The molecular formula is C24H19ClN4O. The Bertz CT molecular complexity index is 1280. The van der Waals surface area contributed by atoms with Gasteiger partial charge in [-0.1, -0.05) is 35.9 Å². The van der Waals surface area contributed by atoms with Crippen LogP contribution in [-0.2, 0) is 0 Å². The van der Waals surface area contributed by atoms with Crippen molar-refractivity contribution in [3.63, 3.8) is 0 Å². The molecule has 6 heteroatoms. The van der Waals surface area contributed by atoms with E-state index in [9.17, 15) is 0 Å². The summed E-state index contributed by atoms with van der Waals surface area (Å²) in [6.45, 7) is 2.08. The molecule has 1 atom stereocenters. The number of hydrogen-bond acceptors (Lipinski definition) is 4. The SMILES string of the molecule is C[C@@H]1N=C(c2ccccc2Cl)c2cc(C3CC3)ccc2-n2cnc(-c3cnco3)c21. The largest absolute Gasteiger partial charge is 0.442 e. The summed E-state index contributed by atoms with van der Waals surface area (Å²) < 4.78 is 7.68. The Balaban J connectivity index is 1.63. The fraction of sp³-hybridized carbons (Fsp3) is 0.208. The first-order valence-corrected chi connectivity index (χ1v) is 10.5. The Morgan fingerprint density at radius 1 is 1.10 bits per heavy atom. The first-order valence-electron chi connectivity index (χ1n) is 10.1. The topological polar surface area (TPSA) is 56.2 Å². The molecule has 6 rings (SSSR count). The van der Waals surface area contributed by atoms with Crippen LogP contribution in [0, 0.1) is 0 Å². The Morgan fingerprint density at radius 3 is 2.73 bits per heavy atom. The molecule has 148 valence electrons. The van der Waals surface area contributed by atoms with E-state index >= 15 is 0 Å². The molecule has 2 aromatic carbocycles. The molecule has 0 N–H and O–H groups in total. The third-order valence-corrected chi connectivity index (χ3v) is 6.23. The van der Waals surface area contributed by atoms with Crippen LogP contribution < -0.4 is 0 Å². The molecule has 5 nitrogen and oxygen atoms in total. The first-order chi connectivity index (χ1) is 14.7. The number of halogens is 1. The van der Waals surface area contributed by atoms with Crippen molar-refractivity contribution in [3.05, 3.63) is 88.8 Å². The van der Waals surface area contributed by atoms with Gasteiger partial charge in [0.25, 0.3) is 0 Å². The second-order valence-corrected chi connectivity index (χ2v) is 8.31. The van der Waals surface area contributed by atoms with Crippen molar-refractivity contribution in [2.75, 3.05) is 0 Å². The van der Waals surface area contributed by atoms with Crippen molar-refractivity contribution in [1.29, 1.82) is 0 Å². The summed E-state index contributed by atoms with van der Waals surface area (Å²) in [4.78, 5) is 13.9. The van der Waals surface area contributed by atoms with E-state index in [1.165, 1.54) is 24.8 Å². The van der Waals surface area contributed by atoms with Gasteiger partial charge in [0.1, 0.15) is 12.0 Å². The molecular weight excluding hydrogens is 396 g/mol. The van der Waals surface area contributed by atoms with E-state index < -0.39 is 0 Å². The van der Waals surface area contributed by atoms with Gasteiger partial charge < -0.3 is 4.42 Å². The quantitative estimate of drug-likeness (QED) is 0.415. The number of rotatable bonds is 3. The molecule has 1 saturated carbocycles. The van der Waals surface area contributed by atoms with Gasteiger partial charge in [-0.25, -0.2) is 9.97 Å². The van der Waals surface area contributed by atoms with Crippen LogP contribution in [-0.4, -0.2) is 20.2 Å². The molecule has 0 bridgehead atoms. The van der Waals surface area contributed by atoms with Crippen molar-refractivity contribution in [1.82, 2.24) is 14.5 Å². The van der Waals surface area contributed by atoms with Crippen LogP contribution in [0.3, 0.4) is 0 Å². The maximum Gasteiger partial charge on any atom is 0.181 e. The van der Waals surface area contributed by atoms with Crippen LogP contribution >= 0.6 is 11.6 Å². The summed E-state index contributed by atoms with van der Waals surface area (Å²) in [6, 6.07) is 14.5. The van der Waals surface area contributed by atoms with E-state index in [0.717, 1.165) is 33.9 Å². The van der Waals surface area contributed by atoms with Gasteiger partial charge in [-0.15, -0.1) is 0 Å². The molecule has 0 spiro atoms. The third kappa shape index (κ3) is 2.73. The van der Waals surface area contributed by atoms with Crippen LogP contribution in [0.5, 0.6) is 0 Å². The number of nitrogens with zero attached hydrogens (tertiary/aromatic N) is 4. The third-order valence-electron chi connectivity index (χ3n) is 5.90. The van der Waals surface area contributed by atoms with Gasteiger partial charge in [0.2, 0.25) is 0 Å². The van der Waals surface area contributed by atoms with Crippen molar-refractivity contribution in [2.24, 2.45) is 4.99 Å². The number of hydrogen-bond donors (Lipinski definition) is 0. The molecule has 3 heterocycles. The smallest absolute Gasteiger partial charge is 0.181 e. The average Bonchev–Trinajstić information content (AvgIpc) is 3.31. The van der Waals surface area contributed by atoms with E-state index in [4.69, 9.17) is 21.0 Å². The summed E-state index contributed by atoms with van der Waals surface area (Å²) in [7, 11) is 0. The van der Waals surface area contributed by atoms with E-state index in [2.05, 4.69) is 39.7 Å². The molecule has 4 aromatic rings. The summed E-state index contributed by atoms with van der Waals surface area (Å²) in [5.41, 5.74) is 7.10. The molecule has 2 aliphatic rings. The van der Waals surface area contributed by atoms with Crippen LogP contribution in [0.15, 0.2) is 70.8 Å². The number of aromatic nitrogens is 3. The summed E-state index contributed by atoms with van der Waals surface area (Å²) >= 11 is 6.61. The Labute approximate surface area is 179 Å². The lowest BCUT2D eigenvalue weighted by atomic mass is 9.97. The number of oxazole rings is 1. The van der Waals surface area contributed by atoms with Crippen LogP contribution in [0.4, 0.5) is 0 Å². The van der Waals surface area contributed by atoms with Crippen molar-refractivity contribution < 1.29 is 4.42 Å². The number of imidazole rings is 1. The Morgan fingerprint density at radius 2 is 1.97 bits per heavy atom. The number of aliphatic imine (C=N–C) groups is 1. The van der Waals surface area contributed by atoms with Crippen LogP contribution in [0.1, 0.15) is 54.1 Å². The second-order valence-electron chi connectivity index (χ2n) is 7.90. The summed E-state index contributed by atoms with van der Waals surface area (Å²) in [5, 5.41) is 0.700. The molecule has 1 fully saturated rings. The molecule has 0 saturated heterocycles. The maximum absolute atomic E-state index is 6.61. The maximum atomic E-state index is 6.61. The fourth-order valence-corrected chi connectivity index (χ4v) is 4.51. The van der Waals surface area contributed by atoms with Crippen LogP contribution in [0.2, 0.25) is 5.02 Å². The lowest BCUT2D eigenvalue weighted by molar-refractivity contribution is 0.568. The van der Waals surface area contributed by atoms with Gasteiger partial charge >= 0.3 is 0 Å². The lowest BCUT2D eigenvalue weighted by Gasteiger charge is -2.14. The van der Waals surface area contributed by atoms with Crippen molar-refractivity contribution in [3.8, 4) is 17.1 Å². The highest BCUT2D eigenvalue weighted by atomic mass is 35.5. The van der Waals surface area contributed by atoms with E-state index in [1.54, 1.807) is 6.20 Å². The van der Waals surface area contributed by atoms with E-state index in [1.807, 2.05) is 30.6 Å². The highest BCUT2D eigenvalue weighted by Crippen LogP contribution is 2.43. The molecule has 1 aliphatic heterocycles. The van der Waals surface area contributed by atoms with Gasteiger partial charge in [0, 0.05) is 16.1 Å². The van der Waals surface area contributed by atoms with Crippen molar-refractivity contribution >= 4 is 17.3 Å². The highest BCUT2D eigenvalue weighted by Gasteiger charge is 2.30. The van der Waals surface area contributed by atoms with E-state index in [0.29, 0.717) is 16.7 Å². The predicted molar refractivity (Wildman–Crippen MR) is 117 cm³/mol. The van der Waals surface area contributed by atoms with Gasteiger partial charge in [-0.05, 0) is 49.4 Å². The zero-order valence-electron chi connectivity index (χ0n) is 16.4. The minimum atomic E-state index is -0.143. The van der Waals surface area contributed by atoms with Crippen molar-refractivity contribution in [2.45, 2.75) is 31.7 Å². The first kappa shape index (κ1) is 17.7. The molecule has 30 heavy (non-hydrogen) atoms. The van der Waals surface area contributed by atoms with Gasteiger partial charge in [-0.3, -0.25) is 9.56 Å². The molecule has 0 radical (unpaired) electrons. The predicted octanol–water partition coefficient (Wildman–Crippen LogP) is 5.97. The van der Waals surface area contributed by atoms with Gasteiger partial charge in [-0.2, -0.15) is 0 Å². The zero-order valence-corrected chi connectivity index (χ0v) is 17.2. The number of benzene rings is 2. The molecule has 2 aromatic heterocycles. The second kappa shape index (κ2) is 6.67. The van der Waals surface area contributed by atoms with Gasteiger partial charge in [0.05, 0.1) is 29.3 Å². The average molecular weight is 415 g/mol. The van der Waals surface area contributed by atoms with Gasteiger partial charge in [0.15, 0.2) is 12.2 Å². The monoisotopic (exact) mass is 414 g/mol. The lowest BCUT2D eigenvalue weighted by Crippen LogP contribution is -2.08.